The van der Waals surface area contributed by atoms with Crippen LogP contribution in [0.2, 0.25) is 5.02 Å². The van der Waals surface area contributed by atoms with Gasteiger partial charge in [0.2, 0.25) is 0 Å². The standard InChI is InChI=1S/C19H21ClFN3O2S/c1-3-22-19(27)24-23-11-14-9-16(20)18(17(10-14)25-4-2)26-12-13-5-7-15(21)8-6-13/h5-11H,3-4,12H2,1-2H3,(H2,22,24,27)/b23-11-. The first-order valence-electron chi connectivity index (χ1n) is 8.44. The fourth-order valence-corrected chi connectivity index (χ4v) is 2.64. The van der Waals surface area contributed by atoms with E-state index in [1.54, 1.807) is 30.5 Å². The second-order valence-electron chi connectivity index (χ2n) is 5.41. The molecule has 0 aliphatic carbocycles. The summed E-state index contributed by atoms with van der Waals surface area (Å²) in [6.07, 6.45) is 1.59. The first kappa shape index (κ1) is 20.9. The van der Waals surface area contributed by atoms with Gasteiger partial charge in [-0.25, -0.2) is 4.39 Å². The molecule has 0 radical (unpaired) electrons. The lowest BCUT2D eigenvalue weighted by Crippen LogP contribution is -2.31. The first-order chi connectivity index (χ1) is 13.0. The summed E-state index contributed by atoms with van der Waals surface area (Å²) >= 11 is 11.4. The van der Waals surface area contributed by atoms with Crippen LogP contribution in [0.4, 0.5) is 4.39 Å². The Kier molecular flexibility index (Phi) is 8.29. The van der Waals surface area contributed by atoms with E-state index in [1.807, 2.05) is 13.8 Å². The minimum atomic E-state index is -0.294. The lowest BCUT2D eigenvalue weighted by molar-refractivity contribution is 0.269. The zero-order valence-electron chi connectivity index (χ0n) is 15.1. The Balaban J connectivity index is 2.13. The van der Waals surface area contributed by atoms with Crippen molar-refractivity contribution in [3.8, 4) is 11.5 Å². The zero-order valence-corrected chi connectivity index (χ0v) is 16.7. The van der Waals surface area contributed by atoms with Gasteiger partial charge in [-0.15, -0.1) is 0 Å². The van der Waals surface area contributed by atoms with Gasteiger partial charge in [0.05, 0.1) is 17.8 Å². The molecule has 27 heavy (non-hydrogen) atoms. The third kappa shape index (κ3) is 6.69. The van der Waals surface area contributed by atoms with Crippen LogP contribution in [-0.2, 0) is 6.61 Å². The lowest BCUT2D eigenvalue weighted by Gasteiger charge is -2.14. The molecule has 0 spiro atoms. The van der Waals surface area contributed by atoms with E-state index in [-0.39, 0.29) is 12.4 Å². The SMILES string of the molecule is CCNC(=S)N/N=C\c1cc(Cl)c(OCc2ccc(F)cc2)c(OCC)c1. The number of halogens is 2. The van der Waals surface area contributed by atoms with Crippen LogP contribution in [0.25, 0.3) is 0 Å². The highest BCUT2D eigenvalue weighted by atomic mass is 35.5. The van der Waals surface area contributed by atoms with Gasteiger partial charge in [0.1, 0.15) is 12.4 Å². The summed E-state index contributed by atoms with van der Waals surface area (Å²) in [4.78, 5) is 0. The van der Waals surface area contributed by atoms with Crippen LogP contribution in [0.15, 0.2) is 41.5 Å². The third-order valence-corrected chi connectivity index (χ3v) is 3.86. The topological polar surface area (TPSA) is 54.9 Å². The first-order valence-corrected chi connectivity index (χ1v) is 9.22. The molecule has 0 saturated heterocycles. The summed E-state index contributed by atoms with van der Waals surface area (Å²) in [5.41, 5.74) is 4.26. The van der Waals surface area contributed by atoms with Gasteiger partial charge in [-0.3, -0.25) is 5.43 Å². The van der Waals surface area contributed by atoms with Crippen molar-refractivity contribution in [2.75, 3.05) is 13.2 Å². The number of ether oxygens (including phenoxy) is 2. The number of hydrazone groups is 1. The smallest absolute Gasteiger partial charge is 0.186 e. The van der Waals surface area contributed by atoms with Crippen molar-refractivity contribution in [1.29, 1.82) is 0 Å². The average Bonchev–Trinajstić information content (AvgIpc) is 2.63. The third-order valence-electron chi connectivity index (χ3n) is 3.35. The quantitative estimate of drug-likeness (QED) is 0.387. The van der Waals surface area contributed by atoms with E-state index in [1.165, 1.54) is 12.1 Å². The Labute approximate surface area is 168 Å². The van der Waals surface area contributed by atoms with Crippen molar-refractivity contribution in [2.24, 2.45) is 5.10 Å². The Morgan fingerprint density at radius 3 is 2.63 bits per heavy atom. The predicted octanol–water partition coefficient (Wildman–Crippen LogP) is 4.27. The van der Waals surface area contributed by atoms with Gasteiger partial charge in [0.25, 0.3) is 0 Å². The van der Waals surface area contributed by atoms with Crippen LogP contribution in [0, 0.1) is 5.82 Å². The van der Waals surface area contributed by atoms with E-state index >= 15 is 0 Å². The molecule has 5 nitrogen and oxygen atoms in total. The Morgan fingerprint density at radius 1 is 1.22 bits per heavy atom. The molecule has 8 heteroatoms. The van der Waals surface area contributed by atoms with Crippen LogP contribution in [0.1, 0.15) is 25.0 Å². The number of hydrogen-bond acceptors (Lipinski definition) is 4. The summed E-state index contributed by atoms with van der Waals surface area (Å²) in [5.74, 6) is 0.636. The molecule has 0 unspecified atom stereocenters. The second kappa shape index (κ2) is 10.7. The molecule has 0 heterocycles. The predicted molar refractivity (Wildman–Crippen MR) is 110 cm³/mol. The Morgan fingerprint density at radius 2 is 1.96 bits per heavy atom. The van der Waals surface area contributed by atoms with Gasteiger partial charge in [-0.1, -0.05) is 23.7 Å². The molecule has 0 fully saturated rings. The summed E-state index contributed by atoms with van der Waals surface area (Å²) in [6.45, 7) is 5.21. The highest BCUT2D eigenvalue weighted by molar-refractivity contribution is 7.80. The molecule has 2 aromatic carbocycles. The summed E-state index contributed by atoms with van der Waals surface area (Å²) in [7, 11) is 0. The van der Waals surface area contributed by atoms with Crippen LogP contribution < -0.4 is 20.2 Å². The van der Waals surface area contributed by atoms with E-state index in [9.17, 15) is 4.39 Å². The number of nitrogens with zero attached hydrogens (tertiary/aromatic N) is 1. The maximum Gasteiger partial charge on any atom is 0.186 e. The van der Waals surface area contributed by atoms with Crippen molar-refractivity contribution < 1.29 is 13.9 Å². The Bertz CT molecular complexity index is 800. The minimum Gasteiger partial charge on any atom is -0.490 e. The van der Waals surface area contributed by atoms with E-state index in [0.29, 0.717) is 34.8 Å². The average molecular weight is 410 g/mol. The molecule has 2 aromatic rings. The van der Waals surface area contributed by atoms with Gasteiger partial charge in [0, 0.05) is 6.54 Å². The molecule has 2 N–H and O–H groups in total. The molecule has 0 bridgehead atoms. The van der Waals surface area contributed by atoms with E-state index in [2.05, 4.69) is 15.8 Å². The molecular weight excluding hydrogens is 389 g/mol. The molecular formula is C19H21ClFN3O2S. The summed E-state index contributed by atoms with van der Waals surface area (Å²) in [5, 5.41) is 7.82. The molecule has 144 valence electrons. The van der Waals surface area contributed by atoms with E-state index in [0.717, 1.165) is 11.1 Å². The minimum absolute atomic E-state index is 0.242. The molecule has 0 aliphatic rings. The number of hydrogen-bond donors (Lipinski definition) is 2. The van der Waals surface area contributed by atoms with Crippen molar-refractivity contribution in [3.05, 3.63) is 58.4 Å². The number of thiocarbonyl (C=S) groups is 1. The molecule has 0 aromatic heterocycles. The Hall–Kier alpha value is -2.38. The highest BCUT2D eigenvalue weighted by Gasteiger charge is 2.12. The maximum atomic E-state index is 13.0. The normalized spacial score (nSPS) is 10.7. The lowest BCUT2D eigenvalue weighted by atomic mass is 10.2. The summed E-state index contributed by atoms with van der Waals surface area (Å²) in [6, 6.07) is 9.57. The van der Waals surface area contributed by atoms with Gasteiger partial charge in [-0.05, 0) is 61.5 Å². The largest absolute Gasteiger partial charge is 0.490 e. The molecule has 0 saturated carbocycles. The maximum absolute atomic E-state index is 13.0. The van der Waals surface area contributed by atoms with Crippen molar-refractivity contribution in [3.63, 3.8) is 0 Å². The van der Waals surface area contributed by atoms with Crippen LogP contribution >= 0.6 is 23.8 Å². The zero-order chi connectivity index (χ0) is 19.6. The van der Waals surface area contributed by atoms with Gasteiger partial charge >= 0.3 is 0 Å². The second-order valence-corrected chi connectivity index (χ2v) is 6.22. The van der Waals surface area contributed by atoms with Crippen molar-refractivity contribution >= 4 is 35.1 Å². The number of rotatable bonds is 8. The van der Waals surface area contributed by atoms with Crippen molar-refractivity contribution in [2.45, 2.75) is 20.5 Å². The molecule has 0 amide bonds. The van der Waals surface area contributed by atoms with Crippen LogP contribution in [-0.4, -0.2) is 24.5 Å². The van der Waals surface area contributed by atoms with E-state index < -0.39 is 0 Å². The molecule has 2 rings (SSSR count). The number of benzene rings is 2. The van der Waals surface area contributed by atoms with E-state index in [4.69, 9.17) is 33.3 Å². The van der Waals surface area contributed by atoms with Crippen LogP contribution in [0.3, 0.4) is 0 Å². The van der Waals surface area contributed by atoms with Gasteiger partial charge < -0.3 is 14.8 Å². The van der Waals surface area contributed by atoms with Crippen molar-refractivity contribution in [1.82, 2.24) is 10.7 Å². The fraction of sp³-hybridized carbons (Fsp3) is 0.263. The molecule has 0 aliphatic heterocycles. The highest BCUT2D eigenvalue weighted by Crippen LogP contribution is 2.36. The molecule has 0 atom stereocenters. The summed E-state index contributed by atoms with van der Waals surface area (Å²) < 4.78 is 24.5. The van der Waals surface area contributed by atoms with Gasteiger partial charge in [0.15, 0.2) is 16.6 Å². The number of nitrogens with one attached hydrogen (secondary N) is 2. The van der Waals surface area contributed by atoms with Gasteiger partial charge in [-0.2, -0.15) is 5.10 Å². The van der Waals surface area contributed by atoms with Crippen LogP contribution in [0.5, 0.6) is 11.5 Å². The fourth-order valence-electron chi connectivity index (χ4n) is 2.17. The monoisotopic (exact) mass is 409 g/mol.